The van der Waals surface area contributed by atoms with Crippen molar-refractivity contribution in [2.45, 2.75) is 13.0 Å². The van der Waals surface area contributed by atoms with E-state index in [-0.39, 0.29) is 0 Å². The number of benzene rings is 1. The Bertz CT molecular complexity index is 451. The number of hydrogen-bond acceptors (Lipinski definition) is 4. The van der Waals surface area contributed by atoms with Crippen LogP contribution in [0.2, 0.25) is 0 Å². The van der Waals surface area contributed by atoms with Crippen LogP contribution in [0.5, 0.6) is 11.5 Å². The summed E-state index contributed by atoms with van der Waals surface area (Å²) in [4.78, 5) is 0. The molecule has 1 aliphatic rings. The van der Waals surface area contributed by atoms with Gasteiger partial charge in [0.15, 0.2) is 11.5 Å². The molecule has 0 aromatic heterocycles. The van der Waals surface area contributed by atoms with E-state index in [1.54, 1.807) is 0 Å². The molecule has 0 saturated heterocycles. The molecular weight excluding hydrogens is 322 g/mol. The van der Waals surface area contributed by atoms with Crippen molar-refractivity contribution in [1.82, 2.24) is 5.32 Å². The summed E-state index contributed by atoms with van der Waals surface area (Å²) in [7, 11) is 0. The average molecular weight is 342 g/mol. The highest BCUT2D eigenvalue weighted by Crippen LogP contribution is 2.38. The van der Waals surface area contributed by atoms with Crippen molar-refractivity contribution < 1.29 is 14.2 Å². The SMILES string of the molecule is C=CCCOCCNCc1cc(Br)c2c(c1)OCCO2. The second kappa shape index (κ2) is 8.29. The minimum Gasteiger partial charge on any atom is -0.486 e. The second-order valence-electron chi connectivity index (χ2n) is 4.47. The fourth-order valence-electron chi connectivity index (χ4n) is 1.91. The fraction of sp³-hybridized carbons (Fsp3) is 0.467. The van der Waals surface area contributed by atoms with Gasteiger partial charge in [0.25, 0.3) is 0 Å². The van der Waals surface area contributed by atoms with Crippen LogP contribution in [0, 0.1) is 0 Å². The highest BCUT2D eigenvalue weighted by atomic mass is 79.9. The number of nitrogens with one attached hydrogen (secondary N) is 1. The predicted octanol–water partition coefficient (Wildman–Crippen LogP) is 2.90. The Labute approximate surface area is 128 Å². The van der Waals surface area contributed by atoms with Crippen molar-refractivity contribution in [3.05, 3.63) is 34.8 Å². The van der Waals surface area contributed by atoms with E-state index in [1.165, 1.54) is 0 Å². The van der Waals surface area contributed by atoms with Crippen LogP contribution in [0.3, 0.4) is 0 Å². The highest BCUT2D eigenvalue weighted by Gasteiger charge is 2.15. The van der Waals surface area contributed by atoms with Crippen molar-refractivity contribution >= 4 is 15.9 Å². The molecule has 2 rings (SSSR count). The zero-order chi connectivity index (χ0) is 14.2. The molecule has 0 fully saturated rings. The van der Waals surface area contributed by atoms with Gasteiger partial charge in [0, 0.05) is 13.1 Å². The molecule has 0 aliphatic carbocycles. The first-order valence-corrected chi connectivity index (χ1v) is 7.58. The standard InChI is InChI=1S/C15H20BrNO3/c1-2-3-5-18-6-4-17-11-12-9-13(16)15-14(10-12)19-7-8-20-15/h2,9-10,17H,1,3-8,11H2. The maximum atomic E-state index is 5.60. The molecule has 0 spiro atoms. The van der Waals surface area contributed by atoms with Crippen LogP contribution in [0.25, 0.3) is 0 Å². The molecule has 0 amide bonds. The molecule has 1 N–H and O–H groups in total. The molecule has 20 heavy (non-hydrogen) atoms. The van der Waals surface area contributed by atoms with Gasteiger partial charge in [-0.05, 0) is 40.0 Å². The number of rotatable bonds is 8. The van der Waals surface area contributed by atoms with E-state index in [0.717, 1.165) is 47.7 Å². The summed E-state index contributed by atoms with van der Waals surface area (Å²) in [6.45, 7) is 7.91. The predicted molar refractivity (Wildman–Crippen MR) is 82.5 cm³/mol. The normalized spacial score (nSPS) is 13.2. The van der Waals surface area contributed by atoms with E-state index in [2.05, 4.69) is 33.9 Å². The first-order chi connectivity index (χ1) is 9.81. The van der Waals surface area contributed by atoms with Gasteiger partial charge in [-0.2, -0.15) is 0 Å². The van der Waals surface area contributed by atoms with Crippen LogP contribution in [-0.4, -0.2) is 33.0 Å². The topological polar surface area (TPSA) is 39.7 Å². The van der Waals surface area contributed by atoms with Crippen molar-refractivity contribution in [3.8, 4) is 11.5 Å². The number of halogens is 1. The summed E-state index contributed by atoms with van der Waals surface area (Å²) in [6.07, 6.45) is 2.76. The molecular formula is C15H20BrNO3. The van der Waals surface area contributed by atoms with Crippen molar-refractivity contribution in [1.29, 1.82) is 0 Å². The Balaban J connectivity index is 1.76. The lowest BCUT2D eigenvalue weighted by molar-refractivity contribution is 0.140. The molecule has 0 radical (unpaired) electrons. The Kier molecular flexibility index (Phi) is 6.36. The Morgan fingerprint density at radius 1 is 1.30 bits per heavy atom. The maximum absolute atomic E-state index is 5.60. The first kappa shape index (κ1) is 15.4. The van der Waals surface area contributed by atoms with Crippen LogP contribution in [0.4, 0.5) is 0 Å². The van der Waals surface area contributed by atoms with Gasteiger partial charge in [-0.15, -0.1) is 6.58 Å². The van der Waals surface area contributed by atoms with Gasteiger partial charge in [-0.3, -0.25) is 0 Å². The molecule has 1 aromatic carbocycles. The Morgan fingerprint density at radius 3 is 3.00 bits per heavy atom. The molecule has 0 unspecified atom stereocenters. The molecule has 1 aromatic rings. The lowest BCUT2D eigenvalue weighted by Gasteiger charge is -2.20. The highest BCUT2D eigenvalue weighted by molar-refractivity contribution is 9.10. The zero-order valence-electron chi connectivity index (χ0n) is 11.5. The molecule has 1 aliphatic heterocycles. The third kappa shape index (κ3) is 4.51. The largest absolute Gasteiger partial charge is 0.486 e. The summed E-state index contributed by atoms with van der Waals surface area (Å²) >= 11 is 3.52. The van der Waals surface area contributed by atoms with Gasteiger partial charge < -0.3 is 19.5 Å². The minimum absolute atomic E-state index is 0.602. The van der Waals surface area contributed by atoms with E-state index < -0.39 is 0 Å². The summed E-state index contributed by atoms with van der Waals surface area (Å²) in [5.41, 5.74) is 1.16. The summed E-state index contributed by atoms with van der Waals surface area (Å²) in [5.74, 6) is 1.61. The van der Waals surface area contributed by atoms with E-state index in [4.69, 9.17) is 14.2 Å². The van der Waals surface area contributed by atoms with Gasteiger partial charge in [0.2, 0.25) is 0 Å². The Hall–Kier alpha value is -1.04. The first-order valence-electron chi connectivity index (χ1n) is 6.78. The lowest BCUT2D eigenvalue weighted by atomic mass is 10.2. The third-order valence-corrected chi connectivity index (χ3v) is 3.46. The lowest BCUT2D eigenvalue weighted by Crippen LogP contribution is -2.20. The van der Waals surface area contributed by atoms with E-state index in [0.29, 0.717) is 19.8 Å². The second-order valence-corrected chi connectivity index (χ2v) is 5.32. The van der Waals surface area contributed by atoms with Gasteiger partial charge in [-0.25, -0.2) is 0 Å². The van der Waals surface area contributed by atoms with Crippen LogP contribution in [0.15, 0.2) is 29.3 Å². The molecule has 5 heteroatoms. The quantitative estimate of drug-likeness (QED) is 0.583. The number of fused-ring (bicyclic) bond motifs is 1. The van der Waals surface area contributed by atoms with Crippen molar-refractivity contribution in [2.24, 2.45) is 0 Å². The molecule has 0 atom stereocenters. The van der Waals surface area contributed by atoms with Crippen molar-refractivity contribution in [2.75, 3.05) is 33.0 Å². The summed E-state index contributed by atoms with van der Waals surface area (Å²) in [5, 5.41) is 3.34. The van der Waals surface area contributed by atoms with Gasteiger partial charge in [0.1, 0.15) is 13.2 Å². The smallest absolute Gasteiger partial charge is 0.175 e. The van der Waals surface area contributed by atoms with Crippen LogP contribution >= 0.6 is 15.9 Å². The van der Waals surface area contributed by atoms with Gasteiger partial charge in [-0.1, -0.05) is 6.08 Å². The molecule has 4 nitrogen and oxygen atoms in total. The third-order valence-electron chi connectivity index (χ3n) is 2.88. The van der Waals surface area contributed by atoms with E-state index in [9.17, 15) is 0 Å². The van der Waals surface area contributed by atoms with Crippen LogP contribution < -0.4 is 14.8 Å². The van der Waals surface area contributed by atoms with Crippen molar-refractivity contribution in [3.63, 3.8) is 0 Å². The molecule has 1 heterocycles. The number of ether oxygens (including phenoxy) is 3. The molecule has 0 bridgehead atoms. The maximum Gasteiger partial charge on any atom is 0.175 e. The monoisotopic (exact) mass is 341 g/mol. The fourth-order valence-corrected chi connectivity index (χ4v) is 2.52. The summed E-state index contributed by atoms with van der Waals surface area (Å²) < 4.78 is 17.5. The molecule has 0 saturated carbocycles. The van der Waals surface area contributed by atoms with E-state index >= 15 is 0 Å². The zero-order valence-corrected chi connectivity index (χ0v) is 13.1. The number of hydrogen-bond donors (Lipinski definition) is 1. The van der Waals surface area contributed by atoms with Gasteiger partial charge >= 0.3 is 0 Å². The van der Waals surface area contributed by atoms with Gasteiger partial charge in [0.05, 0.1) is 17.7 Å². The Morgan fingerprint density at radius 2 is 2.15 bits per heavy atom. The summed E-state index contributed by atoms with van der Waals surface area (Å²) in [6, 6.07) is 4.07. The minimum atomic E-state index is 0.602. The van der Waals surface area contributed by atoms with Crippen LogP contribution in [-0.2, 0) is 11.3 Å². The molecule has 110 valence electrons. The van der Waals surface area contributed by atoms with E-state index in [1.807, 2.05) is 12.1 Å². The average Bonchev–Trinajstić information content (AvgIpc) is 2.46. The van der Waals surface area contributed by atoms with Crippen LogP contribution in [0.1, 0.15) is 12.0 Å².